The number of benzene rings is 1. The Kier molecular flexibility index (Phi) is 4.33. The second-order valence-electron chi connectivity index (χ2n) is 6.68. The Morgan fingerprint density at radius 2 is 2.04 bits per heavy atom. The number of rotatable bonds is 5. The van der Waals surface area contributed by atoms with Crippen molar-refractivity contribution in [3.63, 3.8) is 0 Å². The minimum absolute atomic E-state index is 0.0584. The molecule has 4 rings (SSSR count). The number of amides is 1. The zero-order chi connectivity index (χ0) is 17.4. The summed E-state index contributed by atoms with van der Waals surface area (Å²) in [6.07, 6.45) is 3.33. The van der Waals surface area contributed by atoms with E-state index in [9.17, 15) is 4.79 Å². The van der Waals surface area contributed by atoms with Crippen LogP contribution in [-0.2, 0) is 0 Å². The van der Waals surface area contributed by atoms with E-state index < -0.39 is 0 Å². The minimum Gasteiger partial charge on any atom is -0.497 e. The molecule has 132 valence electrons. The van der Waals surface area contributed by atoms with Crippen LogP contribution in [-0.4, -0.2) is 46.2 Å². The summed E-state index contributed by atoms with van der Waals surface area (Å²) < 4.78 is 15.1. The van der Waals surface area contributed by atoms with Crippen LogP contribution in [0.5, 0.6) is 11.5 Å². The molecule has 0 spiro atoms. The van der Waals surface area contributed by atoms with E-state index in [1.807, 2.05) is 36.1 Å². The van der Waals surface area contributed by atoms with Crippen molar-refractivity contribution in [1.82, 2.24) is 14.5 Å². The largest absolute Gasteiger partial charge is 0.497 e. The first-order valence-corrected chi connectivity index (χ1v) is 9.33. The summed E-state index contributed by atoms with van der Waals surface area (Å²) in [7, 11) is 1.64. The van der Waals surface area contributed by atoms with E-state index in [0.717, 1.165) is 24.3 Å². The zero-order valence-corrected chi connectivity index (χ0v) is 15.2. The average molecular weight is 359 g/mol. The number of hydrogen-bond donors (Lipinski definition) is 0. The Morgan fingerprint density at radius 3 is 2.72 bits per heavy atom. The van der Waals surface area contributed by atoms with Gasteiger partial charge in [0.2, 0.25) is 0 Å². The number of ether oxygens (including phenoxy) is 2. The van der Waals surface area contributed by atoms with Crippen LogP contribution < -0.4 is 9.47 Å². The van der Waals surface area contributed by atoms with Crippen LogP contribution in [0.4, 0.5) is 0 Å². The van der Waals surface area contributed by atoms with Crippen LogP contribution in [0.1, 0.15) is 34.6 Å². The fraction of sp³-hybridized carbons (Fsp3) is 0.500. The summed E-state index contributed by atoms with van der Waals surface area (Å²) in [6.45, 7) is 2.36. The molecular formula is C18H21N3O3S. The molecule has 7 heteroatoms. The molecule has 2 aromatic rings. The maximum atomic E-state index is 13.0. The third-order valence-corrected chi connectivity index (χ3v) is 6.12. The number of nitrogens with zero attached hydrogens (tertiary/aromatic N) is 3. The maximum absolute atomic E-state index is 13.0. The second kappa shape index (κ2) is 6.63. The van der Waals surface area contributed by atoms with Crippen molar-refractivity contribution >= 4 is 17.4 Å². The first-order valence-electron chi connectivity index (χ1n) is 8.56. The molecule has 1 aromatic carbocycles. The lowest BCUT2D eigenvalue weighted by atomic mass is 9.99. The summed E-state index contributed by atoms with van der Waals surface area (Å²) in [5.41, 5.74) is 0.715. The minimum atomic E-state index is 0.0584. The number of carbonyl (C=O) groups is 1. The third-order valence-electron chi connectivity index (χ3n) is 5.30. The summed E-state index contributed by atoms with van der Waals surface area (Å²) in [5.74, 6) is 2.18. The predicted molar refractivity (Wildman–Crippen MR) is 94.2 cm³/mol. The van der Waals surface area contributed by atoms with E-state index in [4.69, 9.17) is 9.47 Å². The first-order chi connectivity index (χ1) is 12.2. The lowest BCUT2D eigenvalue weighted by Crippen LogP contribution is -2.47. The van der Waals surface area contributed by atoms with Gasteiger partial charge in [-0.05, 0) is 67.9 Å². The van der Waals surface area contributed by atoms with Crippen molar-refractivity contribution in [1.29, 1.82) is 0 Å². The van der Waals surface area contributed by atoms with E-state index in [0.29, 0.717) is 29.1 Å². The van der Waals surface area contributed by atoms with Crippen LogP contribution >= 0.6 is 11.5 Å². The molecule has 0 radical (unpaired) electrons. The van der Waals surface area contributed by atoms with Crippen molar-refractivity contribution in [2.24, 2.45) is 5.92 Å². The van der Waals surface area contributed by atoms with Gasteiger partial charge in [-0.25, -0.2) is 0 Å². The highest BCUT2D eigenvalue weighted by Crippen LogP contribution is 2.43. The molecule has 1 aliphatic heterocycles. The highest BCUT2D eigenvalue weighted by Gasteiger charge is 2.49. The van der Waals surface area contributed by atoms with Crippen LogP contribution in [0.3, 0.4) is 0 Å². The summed E-state index contributed by atoms with van der Waals surface area (Å²) in [5, 5.41) is 3.98. The number of carbonyl (C=O) groups excluding carboxylic acids is 1. The molecule has 2 fully saturated rings. The van der Waals surface area contributed by atoms with E-state index in [1.54, 1.807) is 7.11 Å². The molecule has 0 N–H and O–H groups in total. The van der Waals surface area contributed by atoms with E-state index >= 15 is 0 Å². The molecular weight excluding hydrogens is 338 g/mol. The van der Waals surface area contributed by atoms with Crippen LogP contribution in [0, 0.1) is 12.8 Å². The molecule has 1 aromatic heterocycles. The van der Waals surface area contributed by atoms with Gasteiger partial charge in [0.05, 0.1) is 18.8 Å². The maximum Gasteiger partial charge on any atom is 0.268 e. The number of hydrogen-bond acceptors (Lipinski definition) is 6. The van der Waals surface area contributed by atoms with Gasteiger partial charge in [-0.3, -0.25) is 4.79 Å². The lowest BCUT2D eigenvalue weighted by molar-refractivity contribution is 0.0509. The van der Waals surface area contributed by atoms with Crippen molar-refractivity contribution in [2.45, 2.75) is 38.3 Å². The summed E-state index contributed by atoms with van der Waals surface area (Å²) in [6, 6.07) is 8.00. The molecule has 0 unspecified atom stereocenters. The second-order valence-corrected chi connectivity index (χ2v) is 7.43. The Hall–Kier alpha value is -2.15. The number of likely N-dealkylation sites (tertiary alicyclic amines) is 1. The van der Waals surface area contributed by atoms with Crippen LogP contribution in [0.15, 0.2) is 24.3 Å². The van der Waals surface area contributed by atoms with Crippen LogP contribution in [0.2, 0.25) is 0 Å². The Morgan fingerprint density at radius 1 is 1.28 bits per heavy atom. The van der Waals surface area contributed by atoms with Crippen molar-refractivity contribution < 1.29 is 14.3 Å². The smallest absolute Gasteiger partial charge is 0.268 e. The molecule has 2 aliphatic rings. The number of piperidine rings is 1. The average Bonchev–Trinajstić information content (AvgIpc) is 3.35. The first kappa shape index (κ1) is 16.3. The Balaban J connectivity index is 1.49. The van der Waals surface area contributed by atoms with E-state index in [-0.39, 0.29) is 11.9 Å². The highest BCUT2D eigenvalue weighted by molar-refractivity contribution is 7.07. The fourth-order valence-corrected chi connectivity index (χ4v) is 4.62. The molecule has 25 heavy (non-hydrogen) atoms. The van der Waals surface area contributed by atoms with Gasteiger partial charge in [0.25, 0.3) is 5.91 Å². The van der Waals surface area contributed by atoms with Crippen molar-refractivity contribution in [3.05, 3.63) is 34.8 Å². The zero-order valence-electron chi connectivity index (χ0n) is 14.3. The number of fused-ring (bicyclic) bond motifs is 2. The standard InChI is InChI=1S/C18H21N3O3S/c1-11-17(25-20-19-11)18(22)21-13-4-3-12(9-13)16(21)10-24-15-7-5-14(23-2)6-8-15/h5-8,12-13,16H,3-4,9-10H2,1-2H3/t12-,13+,16-/m1/s1. The van der Waals surface area contributed by atoms with Gasteiger partial charge in [-0.15, -0.1) is 5.10 Å². The monoisotopic (exact) mass is 359 g/mol. The van der Waals surface area contributed by atoms with E-state index in [1.165, 1.54) is 18.0 Å². The SMILES string of the molecule is COc1ccc(OC[C@@H]2[C@@H]3CC[C@@H](C3)N2C(=O)c2snnc2C)cc1. The summed E-state index contributed by atoms with van der Waals surface area (Å²) in [4.78, 5) is 15.7. The van der Waals surface area contributed by atoms with Gasteiger partial charge in [-0.1, -0.05) is 4.49 Å². The highest BCUT2D eigenvalue weighted by atomic mass is 32.1. The van der Waals surface area contributed by atoms with Gasteiger partial charge in [0.1, 0.15) is 23.0 Å². The normalized spacial score (nSPS) is 24.6. The number of aryl methyl sites for hydroxylation is 1. The van der Waals surface area contributed by atoms with Crippen molar-refractivity contribution in [3.8, 4) is 11.5 Å². The molecule has 1 aliphatic carbocycles. The quantitative estimate of drug-likeness (QED) is 0.821. The fourth-order valence-electron chi connectivity index (χ4n) is 4.02. The van der Waals surface area contributed by atoms with Crippen molar-refractivity contribution in [2.75, 3.05) is 13.7 Å². The Labute approximate surface area is 150 Å². The topological polar surface area (TPSA) is 64.6 Å². The van der Waals surface area contributed by atoms with Gasteiger partial charge in [0, 0.05) is 6.04 Å². The predicted octanol–water partition coefficient (Wildman–Crippen LogP) is 2.93. The van der Waals surface area contributed by atoms with Gasteiger partial charge >= 0.3 is 0 Å². The van der Waals surface area contributed by atoms with Crippen LogP contribution in [0.25, 0.3) is 0 Å². The van der Waals surface area contributed by atoms with Gasteiger partial charge in [-0.2, -0.15) is 0 Å². The Bertz CT molecular complexity index is 761. The third kappa shape index (κ3) is 2.97. The molecule has 1 amide bonds. The van der Waals surface area contributed by atoms with Gasteiger partial charge in [0.15, 0.2) is 0 Å². The number of aromatic nitrogens is 2. The molecule has 2 bridgehead atoms. The van der Waals surface area contributed by atoms with Gasteiger partial charge < -0.3 is 14.4 Å². The molecule has 2 heterocycles. The lowest BCUT2D eigenvalue weighted by Gasteiger charge is -2.35. The number of methoxy groups -OCH3 is 1. The van der Waals surface area contributed by atoms with E-state index in [2.05, 4.69) is 9.59 Å². The summed E-state index contributed by atoms with van der Waals surface area (Å²) >= 11 is 1.19. The molecule has 1 saturated heterocycles. The molecule has 1 saturated carbocycles. The molecule has 3 atom stereocenters. The molecule has 6 nitrogen and oxygen atoms in total.